The lowest BCUT2D eigenvalue weighted by Crippen LogP contribution is -2.33. The number of hydrogen-bond donors (Lipinski definition) is 1. The SMILES string of the molecule is COc1ccc(/C(O)=C2/C(=O)C(=O)N(CCOC(C)C)C2c2ccc(F)cc2)cc1C. The summed E-state index contributed by atoms with van der Waals surface area (Å²) in [5, 5.41) is 11.0. The van der Waals surface area contributed by atoms with Gasteiger partial charge in [0.15, 0.2) is 0 Å². The van der Waals surface area contributed by atoms with Gasteiger partial charge in [-0.2, -0.15) is 0 Å². The maximum Gasteiger partial charge on any atom is 0.295 e. The number of amides is 1. The van der Waals surface area contributed by atoms with Gasteiger partial charge in [-0.25, -0.2) is 4.39 Å². The van der Waals surface area contributed by atoms with E-state index >= 15 is 0 Å². The van der Waals surface area contributed by atoms with Crippen LogP contribution in [-0.4, -0.2) is 48.1 Å². The topological polar surface area (TPSA) is 76.1 Å². The van der Waals surface area contributed by atoms with Crippen molar-refractivity contribution in [3.8, 4) is 5.75 Å². The molecule has 1 fully saturated rings. The first-order valence-corrected chi connectivity index (χ1v) is 10.0. The average molecular weight is 427 g/mol. The van der Waals surface area contributed by atoms with Crippen LogP contribution in [0.5, 0.6) is 5.75 Å². The Bertz CT molecular complexity index is 1010. The van der Waals surface area contributed by atoms with Crippen molar-refractivity contribution in [3.05, 3.63) is 70.5 Å². The fourth-order valence-electron chi connectivity index (χ4n) is 3.67. The molecule has 1 atom stereocenters. The second-order valence-electron chi connectivity index (χ2n) is 7.65. The van der Waals surface area contributed by atoms with Gasteiger partial charge in [0, 0.05) is 12.1 Å². The third-order valence-corrected chi connectivity index (χ3v) is 5.18. The Balaban J connectivity index is 2.10. The zero-order chi connectivity index (χ0) is 22.7. The van der Waals surface area contributed by atoms with Gasteiger partial charge >= 0.3 is 0 Å². The number of carbonyl (C=O) groups excluding carboxylic acids is 2. The van der Waals surface area contributed by atoms with Crippen LogP contribution in [0.2, 0.25) is 0 Å². The molecule has 0 bridgehead atoms. The molecule has 1 amide bonds. The summed E-state index contributed by atoms with van der Waals surface area (Å²) in [6.07, 6.45) is -0.0385. The van der Waals surface area contributed by atoms with Crippen molar-refractivity contribution >= 4 is 17.4 Å². The summed E-state index contributed by atoms with van der Waals surface area (Å²) in [6.45, 7) is 5.94. The third-order valence-electron chi connectivity index (χ3n) is 5.18. The molecule has 31 heavy (non-hydrogen) atoms. The number of benzene rings is 2. The Morgan fingerprint density at radius 3 is 2.42 bits per heavy atom. The number of ketones is 1. The number of aliphatic hydroxyl groups excluding tert-OH is 1. The summed E-state index contributed by atoms with van der Waals surface area (Å²) in [4.78, 5) is 27.1. The van der Waals surface area contributed by atoms with Crippen LogP contribution >= 0.6 is 0 Å². The van der Waals surface area contributed by atoms with Gasteiger partial charge in [-0.1, -0.05) is 12.1 Å². The number of halogens is 1. The van der Waals surface area contributed by atoms with E-state index in [4.69, 9.17) is 9.47 Å². The van der Waals surface area contributed by atoms with Crippen molar-refractivity contribution < 1.29 is 28.6 Å². The molecule has 1 unspecified atom stereocenters. The molecule has 0 spiro atoms. The fourth-order valence-corrected chi connectivity index (χ4v) is 3.67. The predicted molar refractivity (Wildman–Crippen MR) is 114 cm³/mol. The molecule has 2 aromatic rings. The van der Waals surface area contributed by atoms with Gasteiger partial charge in [-0.05, 0) is 62.2 Å². The van der Waals surface area contributed by atoms with E-state index in [1.54, 1.807) is 25.3 Å². The first kappa shape index (κ1) is 22.5. The highest BCUT2D eigenvalue weighted by Gasteiger charge is 2.45. The molecule has 0 aliphatic carbocycles. The Morgan fingerprint density at radius 2 is 1.84 bits per heavy atom. The monoisotopic (exact) mass is 427 g/mol. The van der Waals surface area contributed by atoms with E-state index in [0.717, 1.165) is 5.56 Å². The van der Waals surface area contributed by atoms with Crippen LogP contribution in [0.4, 0.5) is 4.39 Å². The van der Waals surface area contributed by atoms with Gasteiger partial charge in [0.2, 0.25) is 0 Å². The number of carbonyl (C=O) groups is 2. The molecule has 1 aliphatic heterocycles. The minimum absolute atomic E-state index is 0.0364. The van der Waals surface area contributed by atoms with E-state index in [1.165, 1.54) is 29.2 Å². The van der Waals surface area contributed by atoms with Crippen LogP contribution in [-0.2, 0) is 14.3 Å². The van der Waals surface area contributed by atoms with Crippen LogP contribution in [0.3, 0.4) is 0 Å². The van der Waals surface area contributed by atoms with Crippen molar-refractivity contribution in [2.75, 3.05) is 20.3 Å². The standard InChI is InChI=1S/C24H26FNO5/c1-14(2)31-12-11-26-21(16-5-8-18(25)9-6-16)20(23(28)24(26)29)22(27)17-7-10-19(30-4)15(3)13-17/h5-10,13-14,21,27H,11-12H2,1-4H3/b22-20-. The maximum atomic E-state index is 13.5. The van der Waals surface area contributed by atoms with Crippen LogP contribution in [0.1, 0.15) is 36.6 Å². The van der Waals surface area contributed by atoms with Crippen LogP contribution < -0.4 is 4.74 Å². The zero-order valence-corrected chi connectivity index (χ0v) is 18.0. The van der Waals surface area contributed by atoms with E-state index < -0.39 is 23.5 Å². The van der Waals surface area contributed by atoms with E-state index in [2.05, 4.69) is 0 Å². The van der Waals surface area contributed by atoms with Crippen molar-refractivity contribution in [3.63, 3.8) is 0 Å². The lowest BCUT2D eigenvalue weighted by molar-refractivity contribution is -0.140. The van der Waals surface area contributed by atoms with E-state index in [0.29, 0.717) is 16.9 Å². The molecule has 1 saturated heterocycles. The number of nitrogens with zero attached hydrogens (tertiary/aromatic N) is 1. The van der Waals surface area contributed by atoms with Gasteiger partial charge in [-0.3, -0.25) is 9.59 Å². The van der Waals surface area contributed by atoms with Crippen LogP contribution in [0.25, 0.3) is 5.76 Å². The third kappa shape index (κ3) is 4.61. The van der Waals surface area contributed by atoms with Crippen molar-refractivity contribution in [1.82, 2.24) is 4.90 Å². The van der Waals surface area contributed by atoms with Gasteiger partial charge in [-0.15, -0.1) is 0 Å². The molecule has 0 radical (unpaired) electrons. The highest BCUT2D eigenvalue weighted by molar-refractivity contribution is 6.46. The summed E-state index contributed by atoms with van der Waals surface area (Å²) in [7, 11) is 1.54. The maximum absolute atomic E-state index is 13.5. The largest absolute Gasteiger partial charge is 0.507 e. The van der Waals surface area contributed by atoms with Gasteiger partial charge in [0.25, 0.3) is 11.7 Å². The second-order valence-corrected chi connectivity index (χ2v) is 7.65. The highest BCUT2D eigenvalue weighted by Crippen LogP contribution is 2.39. The number of aliphatic hydroxyl groups is 1. The number of aryl methyl sites for hydroxylation is 1. The molecule has 1 heterocycles. The molecule has 1 N–H and O–H groups in total. The molecule has 164 valence electrons. The van der Waals surface area contributed by atoms with Crippen LogP contribution in [0, 0.1) is 12.7 Å². The first-order chi connectivity index (χ1) is 14.7. The average Bonchev–Trinajstić information content (AvgIpc) is 2.98. The minimum Gasteiger partial charge on any atom is -0.507 e. The van der Waals surface area contributed by atoms with Crippen molar-refractivity contribution in [2.24, 2.45) is 0 Å². The molecular formula is C24H26FNO5. The van der Waals surface area contributed by atoms with E-state index in [1.807, 2.05) is 20.8 Å². The summed E-state index contributed by atoms with van der Waals surface area (Å²) in [5.74, 6) is -1.60. The molecule has 3 rings (SSSR count). The summed E-state index contributed by atoms with van der Waals surface area (Å²) in [6, 6.07) is 9.69. The number of likely N-dealkylation sites (tertiary alicyclic amines) is 1. The Morgan fingerprint density at radius 1 is 1.16 bits per heavy atom. The van der Waals surface area contributed by atoms with Crippen molar-refractivity contribution in [2.45, 2.75) is 32.9 Å². The minimum atomic E-state index is -0.848. The second kappa shape index (κ2) is 9.31. The van der Waals surface area contributed by atoms with Gasteiger partial charge in [0.1, 0.15) is 17.3 Å². The smallest absolute Gasteiger partial charge is 0.295 e. The highest BCUT2D eigenvalue weighted by atomic mass is 19.1. The number of methoxy groups -OCH3 is 1. The zero-order valence-electron chi connectivity index (χ0n) is 18.0. The first-order valence-electron chi connectivity index (χ1n) is 10.0. The summed E-state index contributed by atoms with van der Waals surface area (Å²) < 4.78 is 24.3. The Labute approximate surface area is 180 Å². The van der Waals surface area contributed by atoms with Gasteiger partial charge < -0.3 is 19.5 Å². The Kier molecular flexibility index (Phi) is 6.75. The lowest BCUT2D eigenvalue weighted by Gasteiger charge is -2.25. The molecule has 0 saturated carbocycles. The quantitative estimate of drug-likeness (QED) is 0.411. The molecule has 2 aromatic carbocycles. The number of Topliss-reactive ketones (excluding diaryl/α,β-unsaturated/α-hetero) is 1. The molecule has 0 aromatic heterocycles. The molecular weight excluding hydrogens is 401 g/mol. The van der Waals surface area contributed by atoms with Crippen LogP contribution in [0.15, 0.2) is 48.0 Å². The molecule has 1 aliphatic rings. The number of hydrogen-bond acceptors (Lipinski definition) is 5. The van der Waals surface area contributed by atoms with Gasteiger partial charge in [0.05, 0.1) is 31.4 Å². The number of rotatable bonds is 7. The summed E-state index contributed by atoms with van der Waals surface area (Å²) in [5.41, 5.74) is 1.65. The van der Waals surface area contributed by atoms with E-state index in [-0.39, 0.29) is 30.6 Å². The molecule has 7 heteroatoms. The lowest BCUT2D eigenvalue weighted by atomic mass is 9.95. The molecule has 6 nitrogen and oxygen atoms in total. The van der Waals surface area contributed by atoms with E-state index in [9.17, 15) is 19.1 Å². The Hall–Kier alpha value is -3.19. The predicted octanol–water partition coefficient (Wildman–Crippen LogP) is 3.99. The number of ether oxygens (including phenoxy) is 2. The normalized spacial score (nSPS) is 18.1. The van der Waals surface area contributed by atoms with Crippen molar-refractivity contribution in [1.29, 1.82) is 0 Å². The summed E-state index contributed by atoms with van der Waals surface area (Å²) >= 11 is 0. The fraction of sp³-hybridized carbons (Fsp3) is 0.333.